The van der Waals surface area contributed by atoms with Gasteiger partial charge in [-0.2, -0.15) is 0 Å². The molecular formula is C43H59ClN4O12. The first-order chi connectivity index (χ1) is 28.2. The van der Waals surface area contributed by atoms with Gasteiger partial charge in [0.05, 0.1) is 24.8 Å². The van der Waals surface area contributed by atoms with Gasteiger partial charge in [-0.25, -0.2) is 9.59 Å². The average molecular weight is 859 g/mol. The number of imide groups is 1. The maximum Gasteiger partial charge on any atom is 0.409 e. The van der Waals surface area contributed by atoms with Gasteiger partial charge in [0.1, 0.15) is 35.1 Å². The molecule has 0 saturated carbocycles. The number of nitrogens with zero attached hydrogens (tertiary/aromatic N) is 3. The molecule has 60 heavy (non-hydrogen) atoms. The first-order valence-corrected chi connectivity index (χ1v) is 20.5. The highest BCUT2D eigenvalue weighted by molar-refractivity contribution is 6.35. The van der Waals surface area contributed by atoms with Crippen LogP contribution >= 0.6 is 11.6 Å². The van der Waals surface area contributed by atoms with Crippen LogP contribution in [0.5, 0.6) is 5.75 Å². The standard InChI is InChI=1S/C43H59ClN4O12/c1-26-13-12-14-33(58-8)43(56)25-32(59-41(54)45-43)27(2)18-19-42(4,55)34(24-38(52)47(6)30-22-29(21-26)23-31(57-7)39(30)44)60-40(53)28(3)46(5)35(49)15-10-9-11-20-48-36(50)16-17-37(48)51/h12-14,16-17,22-23,27-28,32-34,55-56H,9-11,15,18-21,24-25H2,1-8H3,(H,45,54)/b14-12+,26-13+/t27?,28-,32-,33+,34-,42+,43-/m0/s1. The van der Waals surface area contributed by atoms with Gasteiger partial charge < -0.3 is 39.0 Å². The van der Waals surface area contributed by atoms with E-state index in [1.165, 1.54) is 64.1 Å². The Kier molecular flexibility index (Phi) is 16.5. The molecule has 1 aromatic carbocycles. The summed E-state index contributed by atoms with van der Waals surface area (Å²) < 4.78 is 22.7. The number of amides is 5. The fourth-order valence-corrected chi connectivity index (χ4v) is 7.68. The Balaban J connectivity index is 1.59. The number of rotatable bonds is 11. The first kappa shape index (κ1) is 47.9. The Bertz CT molecular complexity index is 1860. The minimum Gasteiger partial charge on any atom is -0.495 e. The van der Waals surface area contributed by atoms with Gasteiger partial charge in [-0.3, -0.25) is 29.4 Å². The molecule has 3 heterocycles. The topological polar surface area (TPSA) is 202 Å². The maximum atomic E-state index is 14.1. The van der Waals surface area contributed by atoms with Crippen molar-refractivity contribution in [1.82, 2.24) is 15.1 Å². The number of halogens is 1. The number of anilines is 1. The number of esters is 1. The zero-order valence-electron chi connectivity index (χ0n) is 35.7. The second-order valence-corrected chi connectivity index (χ2v) is 16.5. The Hall–Kier alpha value is -4.77. The fourth-order valence-electron chi connectivity index (χ4n) is 7.36. The molecule has 1 fully saturated rings. The number of hydrogen-bond donors (Lipinski definition) is 3. The summed E-state index contributed by atoms with van der Waals surface area (Å²) in [5, 5.41) is 26.4. The Morgan fingerprint density at radius 2 is 1.78 bits per heavy atom. The van der Waals surface area contributed by atoms with Crippen LogP contribution in [0.25, 0.3) is 0 Å². The van der Waals surface area contributed by atoms with E-state index in [2.05, 4.69) is 5.32 Å². The average Bonchev–Trinajstić information content (AvgIpc) is 3.52. The maximum absolute atomic E-state index is 14.1. The third-order valence-electron chi connectivity index (χ3n) is 11.5. The summed E-state index contributed by atoms with van der Waals surface area (Å²) in [6.45, 7) is 6.86. The minimum atomic E-state index is -1.83. The van der Waals surface area contributed by atoms with E-state index in [0.717, 1.165) is 16.0 Å². The normalized spacial score (nSPS) is 28.6. The Morgan fingerprint density at radius 3 is 2.43 bits per heavy atom. The summed E-state index contributed by atoms with van der Waals surface area (Å²) in [4.78, 5) is 81.1. The van der Waals surface area contributed by atoms with Crippen molar-refractivity contribution in [3.05, 3.63) is 58.7 Å². The molecule has 0 aliphatic carbocycles. The molecular weight excluding hydrogens is 800 g/mol. The lowest BCUT2D eigenvalue weighted by atomic mass is 9.83. The van der Waals surface area contributed by atoms with Crippen molar-refractivity contribution in [1.29, 1.82) is 0 Å². The van der Waals surface area contributed by atoms with E-state index >= 15 is 0 Å². The molecule has 7 atom stereocenters. The summed E-state index contributed by atoms with van der Waals surface area (Å²) in [6, 6.07) is 2.39. The highest BCUT2D eigenvalue weighted by atomic mass is 35.5. The van der Waals surface area contributed by atoms with Gasteiger partial charge in [0.15, 0.2) is 5.72 Å². The third kappa shape index (κ3) is 12.0. The number of methoxy groups -OCH3 is 2. The molecule has 3 aliphatic heterocycles. The number of carbonyl (C=O) groups excluding carboxylic acids is 6. The van der Waals surface area contributed by atoms with Gasteiger partial charge in [-0.1, -0.05) is 48.7 Å². The van der Waals surface area contributed by atoms with Crippen LogP contribution in [0.15, 0.2) is 48.1 Å². The molecule has 3 aliphatic rings. The molecule has 1 saturated heterocycles. The van der Waals surface area contributed by atoms with Crippen LogP contribution in [0, 0.1) is 5.92 Å². The van der Waals surface area contributed by atoms with Gasteiger partial charge in [0.2, 0.25) is 11.8 Å². The fraction of sp³-hybridized carbons (Fsp3) is 0.581. The van der Waals surface area contributed by atoms with E-state index in [0.29, 0.717) is 37.1 Å². The van der Waals surface area contributed by atoms with Crippen molar-refractivity contribution in [3.8, 4) is 5.75 Å². The second-order valence-electron chi connectivity index (χ2n) is 16.2. The predicted octanol–water partition coefficient (Wildman–Crippen LogP) is 4.37. The van der Waals surface area contributed by atoms with Crippen molar-refractivity contribution >= 4 is 53.0 Å². The number of aliphatic hydroxyl groups is 2. The van der Waals surface area contributed by atoms with Crippen LogP contribution in [0.1, 0.15) is 84.6 Å². The molecule has 0 aromatic heterocycles. The lowest BCUT2D eigenvalue weighted by Gasteiger charge is -2.42. The number of alkyl carbamates (subject to hydrolysis) is 1. The largest absolute Gasteiger partial charge is 0.495 e. The van der Waals surface area contributed by atoms with Crippen LogP contribution < -0.4 is 15.0 Å². The molecule has 16 nitrogen and oxygen atoms in total. The van der Waals surface area contributed by atoms with E-state index in [-0.39, 0.29) is 55.0 Å². The predicted molar refractivity (Wildman–Crippen MR) is 222 cm³/mol. The monoisotopic (exact) mass is 858 g/mol. The van der Waals surface area contributed by atoms with Crippen molar-refractivity contribution in [2.45, 2.75) is 121 Å². The van der Waals surface area contributed by atoms with Crippen molar-refractivity contribution in [2.24, 2.45) is 5.92 Å². The zero-order valence-corrected chi connectivity index (χ0v) is 36.5. The molecule has 17 heteroatoms. The SMILES string of the molecule is COc1cc2cc(c1Cl)N(C)C(=O)C[C@H](OC(=O)[C@H](C)N(C)C(=O)CCCCCN1C(=O)C=CC1=O)[C@](C)(O)CCC(C)[C@@H]1C[C@@](O)(NC(=O)O1)[C@H](OC)/C=C/C=C(\C)C2. The Morgan fingerprint density at radius 1 is 1.10 bits per heavy atom. The van der Waals surface area contributed by atoms with Crippen molar-refractivity contribution in [3.63, 3.8) is 0 Å². The van der Waals surface area contributed by atoms with E-state index < -0.39 is 66.0 Å². The molecule has 1 aromatic rings. The van der Waals surface area contributed by atoms with Gasteiger partial charge in [0, 0.05) is 52.7 Å². The Labute approximate surface area is 356 Å². The number of ether oxygens (including phenoxy) is 4. The highest BCUT2D eigenvalue weighted by Crippen LogP contribution is 2.38. The molecule has 4 bridgehead atoms. The number of fused-ring (bicyclic) bond motifs is 4. The van der Waals surface area contributed by atoms with Gasteiger partial charge >= 0.3 is 12.1 Å². The van der Waals surface area contributed by atoms with Crippen LogP contribution in [-0.2, 0) is 44.6 Å². The molecule has 3 N–H and O–H groups in total. The van der Waals surface area contributed by atoms with Crippen LogP contribution in [0.3, 0.4) is 0 Å². The van der Waals surface area contributed by atoms with E-state index in [9.17, 15) is 39.0 Å². The third-order valence-corrected chi connectivity index (χ3v) is 11.9. The number of benzene rings is 1. The highest BCUT2D eigenvalue weighted by Gasteiger charge is 2.47. The number of carbonyl (C=O) groups is 6. The number of nitrogens with one attached hydrogen (secondary N) is 1. The van der Waals surface area contributed by atoms with Crippen LogP contribution in [-0.4, -0.2) is 126 Å². The summed E-state index contributed by atoms with van der Waals surface area (Å²) in [6.07, 6.45) is 5.30. The molecule has 4 rings (SSSR count). The number of allylic oxidation sites excluding steroid dienone is 3. The summed E-state index contributed by atoms with van der Waals surface area (Å²) in [5.74, 6) is -2.59. The lowest BCUT2D eigenvalue weighted by Crippen LogP contribution is -2.63. The first-order valence-electron chi connectivity index (χ1n) is 20.1. The summed E-state index contributed by atoms with van der Waals surface area (Å²) in [7, 11) is 5.85. The van der Waals surface area contributed by atoms with Crippen LogP contribution in [0.4, 0.5) is 10.5 Å². The van der Waals surface area contributed by atoms with Gasteiger partial charge in [-0.05, 0) is 76.5 Å². The van der Waals surface area contributed by atoms with Gasteiger partial charge in [0.25, 0.3) is 11.8 Å². The molecule has 5 amide bonds. The number of hydrogen-bond acceptors (Lipinski definition) is 12. The molecule has 330 valence electrons. The number of likely N-dealkylation sites (N-methyl/N-ethyl adjacent to an activating group) is 1. The quantitative estimate of drug-likeness (QED) is 0.162. The van der Waals surface area contributed by atoms with E-state index in [1.54, 1.807) is 31.2 Å². The molecule has 0 radical (unpaired) electrons. The van der Waals surface area contributed by atoms with Crippen molar-refractivity contribution in [2.75, 3.05) is 39.8 Å². The van der Waals surface area contributed by atoms with E-state index in [1.807, 2.05) is 13.0 Å². The molecule has 0 spiro atoms. The molecule has 1 unspecified atom stereocenters. The van der Waals surface area contributed by atoms with Crippen molar-refractivity contribution < 1.29 is 57.9 Å². The van der Waals surface area contributed by atoms with E-state index in [4.69, 9.17) is 30.5 Å². The summed E-state index contributed by atoms with van der Waals surface area (Å²) in [5.41, 5.74) is -1.69. The number of unbranched alkanes of at least 4 members (excludes halogenated alkanes) is 2. The van der Waals surface area contributed by atoms with Crippen LogP contribution in [0.2, 0.25) is 5.02 Å². The summed E-state index contributed by atoms with van der Waals surface area (Å²) >= 11 is 6.75. The zero-order chi connectivity index (χ0) is 44.5. The smallest absolute Gasteiger partial charge is 0.409 e. The second kappa shape index (κ2) is 20.7. The lowest BCUT2D eigenvalue weighted by molar-refractivity contribution is -0.174. The minimum absolute atomic E-state index is 0.0292. The van der Waals surface area contributed by atoms with Gasteiger partial charge in [-0.15, -0.1) is 0 Å².